The van der Waals surface area contributed by atoms with Crippen molar-refractivity contribution in [3.63, 3.8) is 0 Å². The largest absolute Gasteiger partial charge is 0.237 e. The molecule has 3 rings (SSSR count). The van der Waals surface area contributed by atoms with Crippen LogP contribution in [0, 0.1) is 0 Å². The molecule has 1 aromatic heterocycles. The first kappa shape index (κ1) is 11.9. The molecule has 1 heterocycles. The van der Waals surface area contributed by atoms with E-state index < -0.39 is 0 Å². The maximum atomic E-state index is 6.20. The van der Waals surface area contributed by atoms with Crippen LogP contribution in [-0.2, 0) is 19.3 Å². The minimum atomic E-state index is 0.620. The summed E-state index contributed by atoms with van der Waals surface area (Å²) in [6, 6.07) is 7.76. The van der Waals surface area contributed by atoms with Gasteiger partial charge in [0.1, 0.15) is 11.0 Å². The summed E-state index contributed by atoms with van der Waals surface area (Å²) in [7, 11) is 0. The number of halogens is 2. The van der Waals surface area contributed by atoms with Crippen molar-refractivity contribution >= 4 is 23.2 Å². The summed E-state index contributed by atoms with van der Waals surface area (Å²) in [4.78, 5) is 8.98. The van der Waals surface area contributed by atoms with Gasteiger partial charge in [-0.15, -0.1) is 0 Å². The molecule has 4 heteroatoms. The van der Waals surface area contributed by atoms with Crippen molar-refractivity contribution in [1.82, 2.24) is 9.97 Å². The Morgan fingerprint density at radius 2 is 2.00 bits per heavy atom. The van der Waals surface area contributed by atoms with Crippen LogP contribution in [0.2, 0.25) is 10.2 Å². The fourth-order valence-corrected chi connectivity index (χ4v) is 2.86. The van der Waals surface area contributed by atoms with E-state index in [0.717, 1.165) is 46.9 Å². The predicted octanol–water partition coefficient (Wildman–Crippen LogP) is 3.86. The van der Waals surface area contributed by atoms with Crippen LogP contribution in [0.15, 0.2) is 24.3 Å². The lowest BCUT2D eigenvalue weighted by Gasteiger charge is -2.06. The number of hydrogen-bond acceptors (Lipinski definition) is 2. The molecule has 2 aromatic rings. The first-order chi connectivity index (χ1) is 8.72. The van der Waals surface area contributed by atoms with Crippen molar-refractivity contribution in [2.45, 2.75) is 25.7 Å². The average Bonchev–Trinajstić information content (AvgIpc) is 2.77. The van der Waals surface area contributed by atoms with Gasteiger partial charge in [0.05, 0.1) is 0 Å². The van der Waals surface area contributed by atoms with Gasteiger partial charge in [-0.3, -0.25) is 0 Å². The van der Waals surface area contributed by atoms with Crippen molar-refractivity contribution in [2.75, 3.05) is 0 Å². The molecule has 0 saturated carbocycles. The third-order valence-corrected chi connectivity index (χ3v) is 3.73. The van der Waals surface area contributed by atoms with Gasteiger partial charge in [0.25, 0.3) is 0 Å². The second-order valence-electron chi connectivity index (χ2n) is 4.52. The summed E-state index contributed by atoms with van der Waals surface area (Å²) in [6.07, 6.45) is 3.82. The van der Waals surface area contributed by atoms with Crippen LogP contribution in [-0.4, -0.2) is 9.97 Å². The standard InChI is InChI=1S/C14H12Cl2N2/c15-10-4-1-3-9(7-10)8-13-17-12-6-2-5-11(12)14(16)18-13/h1,3-4,7H,2,5-6,8H2. The zero-order chi connectivity index (χ0) is 12.5. The average molecular weight is 279 g/mol. The third kappa shape index (κ3) is 2.36. The van der Waals surface area contributed by atoms with Crippen molar-refractivity contribution in [1.29, 1.82) is 0 Å². The van der Waals surface area contributed by atoms with E-state index in [9.17, 15) is 0 Å². The molecule has 0 N–H and O–H groups in total. The molecule has 1 aromatic carbocycles. The van der Waals surface area contributed by atoms with Gasteiger partial charge in [0, 0.05) is 22.7 Å². The lowest BCUT2D eigenvalue weighted by molar-refractivity contribution is 0.885. The fourth-order valence-electron chi connectivity index (χ4n) is 2.34. The number of hydrogen-bond donors (Lipinski definition) is 0. The first-order valence-electron chi connectivity index (χ1n) is 6.01. The highest BCUT2D eigenvalue weighted by molar-refractivity contribution is 6.30. The molecule has 1 aliphatic carbocycles. The summed E-state index contributed by atoms with van der Waals surface area (Å²) in [6.45, 7) is 0. The van der Waals surface area contributed by atoms with E-state index in [2.05, 4.69) is 9.97 Å². The van der Waals surface area contributed by atoms with Crippen LogP contribution >= 0.6 is 23.2 Å². The molecule has 92 valence electrons. The van der Waals surface area contributed by atoms with E-state index in [0.29, 0.717) is 11.6 Å². The molecule has 0 atom stereocenters. The van der Waals surface area contributed by atoms with Gasteiger partial charge in [0.15, 0.2) is 0 Å². The lowest BCUT2D eigenvalue weighted by atomic mass is 10.1. The highest BCUT2D eigenvalue weighted by atomic mass is 35.5. The Labute approximate surface area is 116 Å². The van der Waals surface area contributed by atoms with Crippen molar-refractivity contribution in [3.05, 3.63) is 57.1 Å². The summed E-state index contributed by atoms with van der Waals surface area (Å²) in [5.41, 5.74) is 3.36. The summed E-state index contributed by atoms with van der Waals surface area (Å²) in [5.74, 6) is 0.780. The molecule has 0 bridgehead atoms. The predicted molar refractivity (Wildman–Crippen MR) is 73.3 cm³/mol. The van der Waals surface area contributed by atoms with Crippen molar-refractivity contribution in [2.24, 2.45) is 0 Å². The van der Waals surface area contributed by atoms with E-state index in [1.165, 1.54) is 0 Å². The van der Waals surface area contributed by atoms with Gasteiger partial charge in [-0.2, -0.15) is 0 Å². The van der Waals surface area contributed by atoms with Gasteiger partial charge in [-0.1, -0.05) is 35.3 Å². The van der Waals surface area contributed by atoms with E-state index in [1.54, 1.807) is 0 Å². The molecule has 2 nitrogen and oxygen atoms in total. The number of rotatable bonds is 2. The van der Waals surface area contributed by atoms with Crippen LogP contribution in [0.25, 0.3) is 0 Å². The summed E-state index contributed by atoms with van der Waals surface area (Å²) in [5, 5.41) is 1.36. The quantitative estimate of drug-likeness (QED) is 0.780. The van der Waals surface area contributed by atoms with Gasteiger partial charge < -0.3 is 0 Å². The molecule has 0 aliphatic heterocycles. The second kappa shape index (κ2) is 4.87. The third-order valence-electron chi connectivity index (χ3n) is 3.18. The Kier molecular flexibility index (Phi) is 3.23. The van der Waals surface area contributed by atoms with Crippen LogP contribution < -0.4 is 0 Å². The maximum Gasteiger partial charge on any atom is 0.136 e. The Hall–Kier alpha value is -1.12. The maximum absolute atomic E-state index is 6.20. The van der Waals surface area contributed by atoms with Gasteiger partial charge in [-0.05, 0) is 37.0 Å². The van der Waals surface area contributed by atoms with Crippen molar-refractivity contribution in [3.8, 4) is 0 Å². The molecule has 0 unspecified atom stereocenters. The molecule has 18 heavy (non-hydrogen) atoms. The number of aryl methyl sites for hydroxylation is 1. The van der Waals surface area contributed by atoms with E-state index >= 15 is 0 Å². The Balaban J connectivity index is 1.92. The summed E-state index contributed by atoms with van der Waals surface area (Å²) < 4.78 is 0. The number of aromatic nitrogens is 2. The second-order valence-corrected chi connectivity index (χ2v) is 5.31. The zero-order valence-electron chi connectivity index (χ0n) is 9.79. The fraction of sp³-hybridized carbons (Fsp3) is 0.286. The SMILES string of the molecule is Clc1cccc(Cc2nc(Cl)c3c(n2)CCC3)c1. The first-order valence-corrected chi connectivity index (χ1v) is 6.76. The molecule has 0 amide bonds. The van der Waals surface area contributed by atoms with Crippen LogP contribution in [0.1, 0.15) is 29.1 Å². The molecule has 0 spiro atoms. The monoisotopic (exact) mass is 278 g/mol. The molecule has 0 saturated heterocycles. The van der Waals surface area contributed by atoms with Crippen molar-refractivity contribution < 1.29 is 0 Å². The molecular formula is C14H12Cl2N2. The van der Waals surface area contributed by atoms with E-state index in [-0.39, 0.29) is 0 Å². The normalized spacial score (nSPS) is 13.7. The zero-order valence-corrected chi connectivity index (χ0v) is 11.3. The van der Waals surface area contributed by atoms with Gasteiger partial charge in [0.2, 0.25) is 0 Å². The molecule has 0 radical (unpaired) electrons. The lowest BCUT2D eigenvalue weighted by Crippen LogP contribution is -2.02. The topological polar surface area (TPSA) is 25.8 Å². The molecule has 0 fully saturated rings. The highest BCUT2D eigenvalue weighted by Gasteiger charge is 2.18. The van der Waals surface area contributed by atoms with Crippen LogP contribution in [0.3, 0.4) is 0 Å². The number of fused-ring (bicyclic) bond motifs is 1. The van der Waals surface area contributed by atoms with Gasteiger partial charge >= 0.3 is 0 Å². The Morgan fingerprint density at radius 3 is 2.83 bits per heavy atom. The molecule has 1 aliphatic rings. The van der Waals surface area contributed by atoms with Gasteiger partial charge in [-0.25, -0.2) is 9.97 Å². The van der Waals surface area contributed by atoms with E-state index in [1.807, 2.05) is 24.3 Å². The number of benzene rings is 1. The minimum absolute atomic E-state index is 0.620. The van der Waals surface area contributed by atoms with Crippen LogP contribution in [0.5, 0.6) is 0 Å². The summed E-state index contributed by atoms with van der Waals surface area (Å²) >= 11 is 12.2. The Bertz CT molecular complexity index is 596. The minimum Gasteiger partial charge on any atom is -0.237 e. The molecular weight excluding hydrogens is 267 g/mol. The Morgan fingerprint density at radius 1 is 1.11 bits per heavy atom. The smallest absolute Gasteiger partial charge is 0.136 e. The highest BCUT2D eigenvalue weighted by Crippen LogP contribution is 2.26. The number of nitrogens with zero attached hydrogens (tertiary/aromatic N) is 2. The van der Waals surface area contributed by atoms with Crippen LogP contribution in [0.4, 0.5) is 0 Å². The van der Waals surface area contributed by atoms with E-state index in [4.69, 9.17) is 23.2 Å².